The largest absolute Gasteiger partial charge is 0.363 e. The molecule has 0 N–H and O–H groups in total. The quantitative estimate of drug-likeness (QED) is 0.728. The van der Waals surface area contributed by atoms with Crippen LogP contribution >= 0.6 is 0 Å². The Hall–Kier alpha value is -0.700. The average Bonchev–Trinajstić information content (AvgIpc) is 2.43. The summed E-state index contributed by atoms with van der Waals surface area (Å²) in [4.78, 5) is 13.2. The predicted octanol–water partition coefficient (Wildman–Crippen LogP) is -0.105. The lowest BCUT2D eigenvalue weighted by Crippen LogP contribution is -2.59. The molecule has 122 valence electrons. The van der Waals surface area contributed by atoms with Gasteiger partial charge in [0.1, 0.15) is 6.61 Å². The minimum absolute atomic E-state index is 0.0183. The molecular weight excluding hydrogens is 294 g/mol. The molecule has 2 saturated heterocycles. The van der Waals surface area contributed by atoms with Gasteiger partial charge in [-0.2, -0.15) is 17.0 Å². The molecule has 0 atom stereocenters. The number of rotatable bonds is 3. The number of hydrogen-bond acceptors (Lipinski definition) is 4. The van der Waals surface area contributed by atoms with Crippen molar-refractivity contribution < 1.29 is 17.9 Å². The smallest absolute Gasteiger partial charge is 0.281 e. The normalized spacial score (nSPS) is 24.3. The van der Waals surface area contributed by atoms with Gasteiger partial charge >= 0.3 is 0 Å². The van der Waals surface area contributed by atoms with E-state index >= 15 is 0 Å². The van der Waals surface area contributed by atoms with E-state index in [9.17, 15) is 13.2 Å². The molecule has 0 aromatic heterocycles. The van der Waals surface area contributed by atoms with Crippen LogP contribution in [0.3, 0.4) is 0 Å². The van der Waals surface area contributed by atoms with Gasteiger partial charge in [0.05, 0.1) is 5.60 Å². The summed E-state index contributed by atoms with van der Waals surface area (Å²) in [6, 6.07) is -0.0689. The Morgan fingerprint density at radius 3 is 2.33 bits per heavy atom. The zero-order chi connectivity index (χ0) is 15.8. The van der Waals surface area contributed by atoms with Crippen molar-refractivity contribution in [2.24, 2.45) is 0 Å². The van der Waals surface area contributed by atoms with E-state index in [-0.39, 0.29) is 24.2 Å². The number of piperidine rings is 1. The molecule has 7 nitrogen and oxygen atoms in total. The van der Waals surface area contributed by atoms with Crippen molar-refractivity contribution in [1.29, 1.82) is 0 Å². The molecule has 2 aliphatic heterocycles. The number of nitrogens with zero attached hydrogens (tertiary/aromatic N) is 3. The van der Waals surface area contributed by atoms with Crippen LogP contribution in [0.4, 0.5) is 0 Å². The molecule has 0 radical (unpaired) electrons. The van der Waals surface area contributed by atoms with Crippen LogP contribution in [0.1, 0.15) is 26.7 Å². The fraction of sp³-hybridized carbons (Fsp3) is 0.923. The molecule has 1 spiro atoms. The Bertz CT molecular complexity index is 498. The Morgan fingerprint density at radius 2 is 1.86 bits per heavy atom. The average molecular weight is 319 g/mol. The summed E-state index contributed by atoms with van der Waals surface area (Å²) in [7, 11) is -0.0391. The second kappa shape index (κ2) is 5.83. The molecular formula is C13H25N3O4S. The molecule has 21 heavy (non-hydrogen) atoms. The molecule has 0 aromatic carbocycles. The van der Waals surface area contributed by atoms with Gasteiger partial charge in [0.2, 0.25) is 5.91 Å². The van der Waals surface area contributed by atoms with Gasteiger partial charge in [-0.3, -0.25) is 4.79 Å². The van der Waals surface area contributed by atoms with Crippen LogP contribution in [-0.4, -0.2) is 79.8 Å². The van der Waals surface area contributed by atoms with E-state index in [0.29, 0.717) is 32.5 Å². The molecule has 0 bridgehead atoms. The number of ether oxygens (including phenoxy) is 1. The van der Waals surface area contributed by atoms with E-state index in [2.05, 4.69) is 0 Å². The maximum atomic E-state index is 12.5. The van der Waals surface area contributed by atoms with Crippen molar-refractivity contribution in [1.82, 2.24) is 13.5 Å². The van der Waals surface area contributed by atoms with Gasteiger partial charge in [-0.05, 0) is 26.7 Å². The first-order valence-corrected chi connectivity index (χ1v) is 8.69. The van der Waals surface area contributed by atoms with Crippen molar-refractivity contribution in [2.45, 2.75) is 38.3 Å². The summed E-state index contributed by atoms with van der Waals surface area (Å²) < 4.78 is 33.6. The summed E-state index contributed by atoms with van der Waals surface area (Å²) in [6.45, 7) is 5.21. The van der Waals surface area contributed by atoms with Gasteiger partial charge in [-0.25, -0.2) is 0 Å². The van der Waals surface area contributed by atoms with Crippen molar-refractivity contribution in [3.63, 3.8) is 0 Å². The first kappa shape index (κ1) is 16.7. The second-order valence-corrected chi connectivity index (χ2v) is 8.23. The van der Waals surface area contributed by atoms with Gasteiger partial charge in [0, 0.05) is 39.8 Å². The van der Waals surface area contributed by atoms with Crippen molar-refractivity contribution in [3.05, 3.63) is 0 Å². The minimum Gasteiger partial charge on any atom is -0.363 e. The van der Waals surface area contributed by atoms with E-state index in [1.807, 2.05) is 13.8 Å². The molecule has 8 heteroatoms. The minimum atomic E-state index is -3.41. The number of carbonyl (C=O) groups is 1. The Morgan fingerprint density at radius 1 is 1.29 bits per heavy atom. The first-order valence-electron chi connectivity index (χ1n) is 7.29. The highest BCUT2D eigenvalue weighted by Gasteiger charge is 2.44. The molecule has 2 aliphatic rings. The molecule has 1 amide bonds. The van der Waals surface area contributed by atoms with Crippen LogP contribution in [0, 0.1) is 0 Å². The molecule has 0 aromatic rings. The van der Waals surface area contributed by atoms with E-state index in [1.54, 1.807) is 19.0 Å². The number of likely N-dealkylation sites (N-methyl/N-ethyl adjacent to an activating group) is 1. The van der Waals surface area contributed by atoms with E-state index in [1.165, 1.54) is 8.61 Å². The van der Waals surface area contributed by atoms with E-state index in [4.69, 9.17) is 4.74 Å². The van der Waals surface area contributed by atoms with Crippen molar-refractivity contribution in [2.75, 3.05) is 40.3 Å². The molecule has 0 aliphatic carbocycles. The second-order valence-electron chi connectivity index (χ2n) is 6.24. The SMILES string of the molecule is CC(C)N(C)S(=O)(=O)N1CCC2(CC1)CN(C)C(=O)CO2. The molecule has 2 fully saturated rings. The molecule has 2 heterocycles. The third kappa shape index (κ3) is 3.23. The zero-order valence-corrected chi connectivity index (χ0v) is 14.0. The molecule has 2 rings (SSSR count). The van der Waals surface area contributed by atoms with Crippen LogP contribution in [0.2, 0.25) is 0 Å². The highest BCUT2D eigenvalue weighted by molar-refractivity contribution is 7.86. The number of hydrogen-bond donors (Lipinski definition) is 0. The fourth-order valence-corrected chi connectivity index (χ4v) is 4.31. The highest BCUT2D eigenvalue weighted by Crippen LogP contribution is 2.31. The Kier molecular flexibility index (Phi) is 4.63. The summed E-state index contributed by atoms with van der Waals surface area (Å²) in [5.41, 5.74) is -0.384. The van der Waals surface area contributed by atoms with Gasteiger partial charge in [-0.1, -0.05) is 0 Å². The predicted molar refractivity (Wildman–Crippen MR) is 78.9 cm³/mol. The third-order valence-corrected chi connectivity index (χ3v) is 6.67. The highest BCUT2D eigenvalue weighted by atomic mass is 32.2. The van der Waals surface area contributed by atoms with Crippen molar-refractivity contribution >= 4 is 16.1 Å². The Balaban J connectivity index is 2.02. The number of amides is 1. The molecule has 0 unspecified atom stereocenters. The van der Waals surface area contributed by atoms with Crippen molar-refractivity contribution in [3.8, 4) is 0 Å². The maximum absolute atomic E-state index is 12.5. The van der Waals surface area contributed by atoms with E-state index < -0.39 is 10.2 Å². The first-order chi connectivity index (χ1) is 9.68. The zero-order valence-electron chi connectivity index (χ0n) is 13.2. The van der Waals surface area contributed by atoms with Crippen LogP contribution in [0.15, 0.2) is 0 Å². The summed E-state index contributed by atoms with van der Waals surface area (Å²) >= 11 is 0. The summed E-state index contributed by atoms with van der Waals surface area (Å²) in [5.74, 6) is -0.0183. The van der Waals surface area contributed by atoms with E-state index in [0.717, 1.165) is 0 Å². The summed E-state index contributed by atoms with van der Waals surface area (Å²) in [6.07, 6.45) is 1.24. The van der Waals surface area contributed by atoms with Crippen LogP contribution in [0.5, 0.6) is 0 Å². The third-order valence-electron chi connectivity index (χ3n) is 4.50. The molecule has 0 saturated carbocycles. The van der Waals surface area contributed by atoms with Crippen LogP contribution in [0.25, 0.3) is 0 Å². The monoisotopic (exact) mass is 319 g/mol. The lowest BCUT2D eigenvalue weighted by Gasteiger charge is -2.46. The maximum Gasteiger partial charge on any atom is 0.281 e. The van der Waals surface area contributed by atoms with Gasteiger partial charge in [0.15, 0.2) is 0 Å². The number of morpholine rings is 1. The van der Waals surface area contributed by atoms with Crippen LogP contribution < -0.4 is 0 Å². The number of carbonyl (C=O) groups excluding carboxylic acids is 1. The Labute approximate surface area is 127 Å². The summed E-state index contributed by atoms with van der Waals surface area (Å²) in [5, 5.41) is 0. The standard InChI is InChI=1S/C13H25N3O4S/c1-11(2)15(4)21(18,19)16-7-5-13(6-8-16)10-14(3)12(17)9-20-13/h11H,5-10H2,1-4H3. The fourth-order valence-electron chi connectivity index (χ4n) is 2.77. The lowest BCUT2D eigenvalue weighted by atomic mass is 9.90. The topological polar surface area (TPSA) is 70.2 Å². The van der Waals surface area contributed by atoms with Gasteiger partial charge < -0.3 is 9.64 Å². The van der Waals surface area contributed by atoms with Gasteiger partial charge in [0.25, 0.3) is 10.2 Å². The van der Waals surface area contributed by atoms with Gasteiger partial charge in [-0.15, -0.1) is 0 Å². The lowest BCUT2D eigenvalue weighted by molar-refractivity contribution is -0.167. The van der Waals surface area contributed by atoms with Crippen LogP contribution in [-0.2, 0) is 19.7 Å².